The van der Waals surface area contributed by atoms with Crippen LogP contribution in [0.25, 0.3) is 11.1 Å². The third kappa shape index (κ3) is 2.30. The van der Waals surface area contributed by atoms with Gasteiger partial charge in [-0.1, -0.05) is 18.2 Å². The van der Waals surface area contributed by atoms with E-state index in [2.05, 4.69) is 4.98 Å². The number of halogens is 3. The van der Waals surface area contributed by atoms with E-state index < -0.39 is 17.3 Å². The molecule has 0 aliphatic heterocycles. The first kappa shape index (κ1) is 12.4. The Labute approximate surface area is 101 Å². The second kappa shape index (κ2) is 4.33. The van der Waals surface area contributed by atoms with Crippen LogP contribution in [0, 0.1) is 6.92 Å². The molecular formula is C13H10F3NO. The molecule has 5 heteroatoms. The maximum Gasteiger partial charge on any atom is 0.417 e. The average molecular weight is 253 g/mol. The molecule has 0 amide bonds. The van der Waals surface area contributed by atoms with E-state index in [0.717, 1.165) is 6.07 Å². The van der Waals surface area contributed by atoms with E-state index >= 15 is 0 Å². The van der Waals surface area contributed by atoms with Gasteiger partial charge in [0.15, 0.2) is 0 Å². The maximum absolute atomic E-state index is 12.8. The molecule has 0 radical (unpaired) electrons. The lowest BCUT2D eigenvalue weighted by Gasteiger charge is -2.12. The van der Waals surface area contributed by atoms with E-state index in [1.54, 1.807) is 13.0 Å². The lowest BCUT2D eigenvalue weighted by Crippen LogP contribution is -2.13. The van der Waals surface area contributed by atoms with Crippen LogP contribution in [-0.4, -0.2) is 4.98 Å². The summed E-state index contributed by atoms with van der Waals surface area (Å²) in [4.78, 5) is 14.2. The molecule has 0 saturated carbocycles. The number of pyridine rings is 1. The van der Waals surface area contributed by atoms with Gasteiger partial charge in [-0.25, -0.2) is 0 Å². The minimum Gasteiger partial charge on any atom is -0.326 e. The van der Waals surface area contributed by atoms with Crippen molar-refractivity contribution in [2.75, 3.05) is 0 Å². The Morgan fingerprint density at radius 3 is 2.28 bits per heavy atom. The lowest BCUT2D eigenvalue weighted by molar-refractivity contribution is -0.137. The van der Waals surface area contributed by atoms with Crippen LogP contribution in [0.15, 0.2) is 41.2 Å². The third-order valence-electron chi connectivity index (χ3n) is 2.58. The van der Waals surface area contributed by atoms with Gasteiger partial charge in [0.05, 0.1) is 5.56 Å². The Morgan fingerprint density at radius 1 is 1.00 bits per heavy atom. The number of alkyl halides is 3. The zero-order valence-corrected chi connectivity index (χ0v) is 9.51. The van der Waals surface area contributed by atoms with Crippen molar-refractivity contribution in [1.82, 2.24) is 4.98 Å². The molecule has 1 heterocycles. The molecule has 0 unspecified atom stereocenters. The quantitative estimate of drug-likeness (QED) is 0.830. The van der Waals surface area contributed by atoms with E-state index in [9.17, 15) is 18.0 Å². The predicted octanol–water partition coefficient (Wildman–Crippen LogP) is 3.37. The van der Waals surface area contributed by atoms with Crippen LogP contribution < -0.4 is 5.56 Å². The molecule has 0 aliphatic rings. The lowest BCUT2D eigenvalue weighted by atomic mass is 10.0. The van der Waals surface area contributed by atoms with E-state index in [-0.39, 0.29) is 11.1 Å². The second-order valence-corrected chi connectivity index (χ2v) is 3.93. The molecule has 0 atom stereocenters. The minimum absolute atomic E-state index is 0.0218. The van der Waals surface area contributed by atoms with E-state index in [1.165, 1.54) is 24.3 Å². The first-order chi connectivity index (χ1) is 8.39. The van der Waals surface area contributed by atoms with Crippen LogP contribution in [0.5, 0.6) is 0 Å². The molecule has 2 aromatic rings. The summed E-state index contributed by atoms with van der Waals surface area (Å²) in [6, 6.07) is 8.01. The zero-order chi connectivity index (χ0) is 13.3. The van der Waals surface area contributed by atoms with Gasteiger partial charge in [-0.15, -0.1) is 0 Å². The fourth-order valence-corrected chi connectivity index (χ4v) is 1.75. The number of rotatable bonds is 1. The summed E-state index contributed by atoms with van der Waals surface area (Å²) >= 11 is 0. The smallest absolute Gasteiger partial charge is 0.326 e. The highest BCUT2D eigenvalue weighted by Crippen LogP contribution is 2.35. The van der Waals surface area contributed by atoms with Gasteiger partial charge in [0.25, 0.3) is 5.56 Å². The number of aromatic nitrogens is 1. The van der Waals surface area contributed by atoms with Gasteiger partial charge in [-0.2, -0.15) is 13.2 Å². The number of H-pyrrole nitrogens is 1. The summed E-state index contributed by atoms with van der Waals surface area (Å²) in [5.41, 5.74) is -0.806. The van der Waals surface area contributed by atoms with Crippen molar-refractivity contribution in [3.63, 3.8) is 0 Å². The number of aryl methyl sites for hydroxylation is 1. The molecule has 0 bridgehead atoms. The molecule has 1 aromatic carbocycles. The van der Waals surface area contributed by atoms with Gasteiger partial charge in [-0.05, 0) is 30.7 Å². The molecule has 0 spiro atoms. The van der Waals surface area contributed by atoms with Gasteiger partial charge < -0.3 is 4.98 Å². The zero-order valence-electron chi connectivity index (χ0n) is 9.51. The topological polar surface area (TPSA) is 32.9 Å². The van der Waals surface area contributed by atoms with Gasteiger partial charge >= 0.3 is 6.18 Å². The van der Waals surface area contributed by atoms with Crippen molar-refractivity contribution in [2.24, 2.45) is 0 Å². The number of hydrogen-bond donors (Lipinski definition) is 1. The van der Waals surface area contributed by atoms with Gasteiger partial charge in [0.2, 0.25) is 0 Å². The average Bonchev–Trinajstić information content (AvgIpc) is 2.28. The standard InChI is InChI=1S/C13H10F3NO/c1-8-6-7-10(12(18)17-8)9-4-2-3-5-11(9)13(14,15)16/h2-7H,1H3,(H,17,18). The SMILES string of the molecule is Cc1ccc(-c2ccccc2C(F)(F)F)c(=O)[nH]1. The molecule has 94 valence electrons. The van der Waals surface area contributed by atoms with Gasteiger partial charge in [0, 0.05) is 11.3 Å². The van der Waals surface area contributed by atoms with E-state index in [0.29, 0.717) is 5.69 Å². The van der Waals surface area contributed by atoms with E-state index in [4.69, 9.17) is 0 Å². The molecule has 18 heavy (non-hydrogen) atoms. The first-order valence-corrected chi connectivity index (χ1v) is 5.26. The Bertz CT molecular complexity index is 629. The largest absolute Gasteiger partial charge is 0.417 e. The molecular weight excluding hydrogens is 243 g/mol. The Morgan fingerprint density at radius 2 is 1.67 bits per heavy atom. The van der Waals surface area contributed by atoms with E-state index in [1.807, 2.05) is 0 Å². The predicted molar refractivity (Wildman–Crippen MR) is 62.2 cm³/mol. The fraction of sp³-hybridized carbons (Fsp3) is 0.154. The van der Waals surface area contributed by atoms with Crippen LogP contribution in [0.4, 0.5) is 13.2 Å². The molecule has 0 aliphatic carbocycles. The Kier molecular flexibility index (Phi) is 2.98. The highest BCUT2D eigenvalue weighted by molar-refractivity contribution is 5.67. The second-order valence-electron chi connectivity index (χ2n) is 3.93. The van der Waals surface area contributed by atoms with Gasteiger partial charge in [0.1, 0.15) is 0 Å². The molecule has 0 saturated heterocycles. The van der Waals surface area contributed by atoms with Crippen LogP contribution in [-0.2, 0) is 6.18 Å². The van der Waals surface area contributed by atoms with Crippen molar-refractivity contribution in [1.29, 1.82) is 0 Å². The minimum atomic E-state index is -4.48. The van der Waals surface area contributed by atoms with Crippen molar-refractivity contribution >= 4 is 0 Å². The monoisotopic (exact) mass is 253 g/mol. The third-order valence-corrected chi connectivity index (χ3v) is 2.58. The molecule has 1 N–H and O–H groups in total. The summed E-state index contributed by atoms with van der Waals surface area (Å²) < 4.78 is 38.5. The Hall–Kier alpha value is -2.04. The highest BCUT2D eigenvalue weighted by Gasteiger charge is 2.33. The molecule has 0 fully saturated rings. The summed E-state index contributed by atoms with van der Waals surface area (Å²) in [6.07, 6.45) is -4.48. The highest BCUT2D eigenvalue weighted by atomic mass is 19.4. The summed E-state index contributed by atoms with van der Waals surface area (Å²) in [7, 11) is 0. The van der Waals surface area contributed by atoms with Crippen molar-refractivity contribution < 1.29 is 13.2 Å². The normalized spacial score (nSPS) is 11.6. The fourth-order valence-electron chi connectivity index (χ4n) is 1.75. The van der Waals surface area contributed by atoms with Crippen LogP contribution >= 0.6 is 0 Å². The van der Waals surface area contributed by atoms with Crippen molar-refractivity contribution in [3.05, 3.63) is 58.0 Å². The number of aromatic amines is 1. The van der Waals surface area contributed by atoms with Gasteiger partial charge in [-0.3, -0.25) is 4.79 Å². The molecule has 1 aromatic heterocycles. The number of benzene rings is 1. The summed E-state index contributed by atoms with van der Waals surface area (Å²) in [6.45, 7) is 1.67. The maximum atomic E-state index is 12.8. The number of nitrogens with one attached hydrogen (secondary N) is 1. The first-order valence-electron chi connectivity index (χ1n) is 5.26. The molecule has 2 rings (SSSR count). The summed E-state index contributed by atoms with van der Waals surface area (Å²) in [5.74, 6) is 0. The number of hydrogen-bond acceptors (Lipinski definition) is 1. The molecule has 2 nitrogen and oxygen atoms in total. The van der Waals surface area contributed by atoms with Crippen LogP contribution in [0.1, 0.15) is 11.3 Å². The van der Waals surface area contributed by atoms with Crippen LogP contribution in [0.2, 0.25) is 0 Å². The summed E-state index contributed by atoms with van der Waals surface area (Å²) in [5, 5.41) is 0. The van der Waals surface area contributed by atoms with Crippen LogP contribution in [0.3, 0.4) is 0 Å². The Balaban J connectivity index is 2.69. The van der Waals surface area contributed by atoms with Crippen molar-refractivity contribution in [3.8, 4) is 11.1 Å². The van der Waals surface area contributed by atoms with Crippen molar-refractivity contribution in [2.45, 2.75) is 13.1 Å².